The molecule has 1 aromatic carbocycles. The lowest BCUT2D eigenvalue weighted by molar-refractivity contribution is 0.0802. The predicted molar refractivity (Wildman–Crippen MR) is 76.8 cm³/mol. The number of hydrogen-bond acceptors (Lipinski definition) is 2. The summed E-state index contributed by atoms with van der Waals surface area (Å²) in [5.74, 6) is 1.50. The van der Waals surface area contributed by atoms with E-state index in [1.54, 1.807) is 0 Å². The van der Waals surface area contributed by atoms with Gasteiger partial charge in [0.05, 0.1) is 11.1 Å². The maximum Gasteiger partial charge on any atom is 0.138 e. The van der Waals surface area contributed by atoms with E-state index in [0.717, 1.165) is 24.3 Å². The first-order valence-electron chi connectivity index (χ1n) is 6.55. The molecule has 0 saturated heterocycles. The van der Waals surface area contributed by atoms with Gasteiger partial charge in [-0.3, -0.25) is 0 Å². The Balaban J connectivity index is 2.85. The maximum atomic E-state index is 6.23. The number of rotatable bonds is 6. The van der Waals surface area contributed by atoms with Crippen LogP contribution in [0.5, 0.6) is 11.5 Å². The van der Waals surface area contributed by atoms with Gasteiger partial charge in [0, 0.05) is 6.07 Å². The second kappa shape index (κ2) is 6.33. The van der Waals surface area contributed by atoms with Crippen molar-refractivity contribution in [1.29, 1.82) is 0 Å². The van der Waals surface area contributed by atoms with Crippen molar-refractivity contribution in [3.05, 3.63) is 23.2 Å². The molecule has 0 aliphatic carbocycles. The first-order chi connectivity index (χ1) is 8.40. The Hall–Kier alpha value is -0.890. The van der Waals surface area contributed by atoms with Gasteiger partial charge in [-0.15, -0.1) is 0 Å². The Labute approximate surface area is 115 Å². The smallest absolute Gasteiger partial charge is 0.138 e. The van der Waals surface area contributed by atoms with Gasteiger partial charge in [0.2, 0.25) is 0 Å². The Bertz CT molecular complexity index is 384. The van der Waals surface area contributed by atoms with Gasteiger partial charge < -0.3 is 9.47 Å². The van der Waals surface area contributed by atoms with Gasteiger partial charge in [-0.1, -0.05) is 25.4 Å². The van der Waals surface area contributed by atoms with Gasteiger partial charge in [0.15, 0.2) is 0 Å². The van der Waals surface area contributed by atoms with Gasteiger partial charge >= 0.3 is 0 Å². The van der Waals surface area contributed by atoms with Crippen LogP contribution in [0.2, 0.25) is 5.02 Å². The predicted octanol–water partition coefficient (Wildman–Crippen LogP) is 5.08. The fraction of sp³-hybridized carbons (Fsp3) is 0.600. The number of ether oxygens (including phenoxy) is 2. The molecule has 0 saturated carbocycles. The van der Waals surface area contributed by atoms with Gasteiger partial charge in [-0.2, -0.15) is 0 Å². The van der Waals surface area contributed by atoms with Crippen molar-refractivity contribution in [2.24, 2.45) is 0 Å². The van der Waals surface area contributed by atoms with Crippen molar-refractivity contribution in [3.8, 4) is 11.5 Å². The van der Waals surface area contributed by atoms with E-state index in [1.807, 2.05) is 32.0 Å². The third-order valence-corrected chi connectivity index (χ3v) is 3.42. The van der Waals surface area contributed by atoms with Crippen molar-refractivity contribution in [1.82, 2.24) is 0 Å². The molecule has 18 heavy (non-hydrogen) atoms. The molecule has 1 rings (SSSR count). The fourth-order valence-corrected chi connectivity index (χ4v) is 1.78. The lowest BCUT2D eigenvalue weighted by atomic mass is 10.00. The average molecular weight is 271 g/mol. The number of hydrogen-bond donors (Lipinski definition) is 0. The molecule has 0 heterocycles. The number of halogens is 1. The second-order valence-corrected chi connectivity index (χ2v) is 5.43. The van der Waals surface area contributed by atoms with E-state index in [2.05, 4.69) is 20.8 Å². The zero-order chi connectivity index (χ0) is 13.8. The third kappa shape index (κ3) is 4.09. The molecule has 0 unspecified atom stereocenters. The molecule has 0 radical (unpaired) electrons. The van der Waals surface area contributed by atoms with Crippen molar-refractivity contribution in [2.75, 3.05) is 0 Å². The van der Waals surface area contributed by atoms with Gasteiger partial charge in [-0.25, -0.2) is 0 Å². The Kier molecular flexibility index (Phi) is 5.33. The van der Waals surface area contributed by atoms with Crippen LogP contribution in [0.3, 0.4) is 0 Å². The van der Waals surface area contributed by atoms with Crippen LogP contribution >= 0.6 is 11.6 Å². The topological polar surface area (TPSA) is 18.5 Å². The van der Waals surface area contributed by atoms with E-state index < -0.39 is 0 Å². The van der Waals surface area contributed by atoms with Crippen LogP contribution in [-0.2, 0) is 0 Å². The summed E-state index contributed by atoms with van der Waals surface area (Å²) in [6.07, 6.45) is 2.04. The zero-order valence-corrected chi connectivity index (χ0v) is 12.7. The summed E-state index contributed by atoms with van der Waals surface area (Å²) in [5, 5.41) is 0.598. The highest BCUT2D eigenvalue weighted by atomic mass is 35.5. The van der Waals surface area contributed by atoms with Crippen LogP contribution in [0.15, 0.2) is 18.2 Å². The minimum atomic E-state index is -0.163. The Morgan fingerprint density at radius 2 is 1.83 bits per heavy atom. The second-order valence-electron chi connectivity index (χ2n) is 5.02. The molecule has 102 valence electrons. The van der Waals surface area contributed by atoms with Crippen LogP contribution in [-0.4, -0.2) is 11.7 Å². The summed E-state index contributed by atoms with van der Waals surface area (Å²) in [4.78, 5) is 0. The van der Waals surface area contributed by atoms with Gasteiger partial charge in [-0.05, 0) is 45.7 Å². The Morgan fingerprint density at radius 3 is 2.28 bits per heavy atom. The standard InChI is InChI=1S/C15H23ClO2/c1-6-15(5,7-2)18-14-9-8-12(10-13(14)16)17-11(3)4/h8-11H,6-7H2,1-5H3. The third-order valence-electron chi connectivity index (χ3n) is 3.13. The summed E-state index contributed by atoms with van der Waals surface area (Å²) in [5.41, 5.74) is -0.163. The lowest BCUT2D eigenvalue weighted by Gasteiger charge is -2.29. The quantitative estimate of drug-likeness (QED) is 0.717. The van der Waals surface area contributed by atoms with E-state index in [9.17, 15) is 0 Å². The van der Waals surface area contributed by atoms with Gasteiger partial charge in [0.1, 0.15) is 17.1 Å². The van der Waals surface area contributed by atoms with Crippen LogP contribution in [0.25, 0.3) is 0 Å². The highest BCUT2D eigenvalue weighted by molar-refractivity contribution is 6.32. The summed E-state index contributed by atoms with van der Waals surface area (Å²) in [6.45, 7) is 10.3. The van der Waals surface area contributed by atoms with Crippen molar-refractivity contribution in [2.45, 2.75) is 59.2 Å². The normalized spacial score (nSPS) is 11.7. The molecule has 0 bridgehead atoms. The van der Waals surface area contributed by atoms with E-state index in [-0.39, 0.29) is 11.7 Å². The minimum absolute atomic E-state index is 0.143. The van der Waals surface area contributed by atoms with Gasteiger partial charge in [0.25, 0.3) is 0 Å². The van der Waals surface area contributed by atoms with E-state index >= 15 is 0 Å². The van der Waals surface area contributed by atoms with Crippen LogP contribution in [0, 0.1) is 0 Å². The highest BCUT2D eigenvalue weighted by Gasteiger charge is 2.22. The SMILES string of the molecule is CCC(C)(CC)Oc1ccc(OC(C)C)cc1Cl. The molecular weight excluding hydrogens is 248 g/mol. The molecule has 2 nitrogen and oxygen atoms in total. The molecule has 0 aliphatic heterocycles. The van der Waals surface area contributed by atoms with E-state index in [4.69, 9.17) is 21.1 Å². The molecule has 0 aromatic heterocycles. The summed E-state index contributed by atoms with van der Waals surface area (Å²) in [6, 6.07) is 5.58. The molecule has 0 amide bonds. The van der Waals surface area contributed by atoms with E-state index in [1.165, 1.54) is 0 Å². The molecular formula is C15H23ClO2. The molecule has 0 aliphatic rings. The molecule has 0 N–H and O–H groups in total. The summed E-state index contributed by atoms with van der Waals surface area (Å²) >= 11 is 6.23. The first-order valence-corrected chi connectivity index (χ1v) is 6.93. The zero-order valence-electron chi connectivity index (χ0n) is 11.9. The van der Waals surface area contributed by atoms with Crippen molar-refractivity contribution in [3.63, 3.8) is 0 Å². The largest absolute Gasteiger partial charge is 0.491 e. The molecule has 1 aromatic rings. The van der Waals surface area contributed by atoms with Crippen LogP contribution in [0.4, 0.5) is 0 Å². The molecule has 3 heteroatoms. The van der Waals surface area contributed by atoms with Crippen molar-refractivity contribution < 1.29 is 9.47 Å². The molecule has 0 atom stereocenters. The summed E-state index contributed by atoms with van der Waals surface area (Å²) < 4.78 is 11.6. The van der Waals surface area contributed by atoms with Crippen molar-refractivity contribution >= 4 is 11.6 Å². The van der Waals surface area contributed by atoms with Crippen LogP contribution < -0.4 is 9.47 Å². The fourth-order valence-electron chi connectivity index (χ4n) is 1.57. The maximum absolute atomic E-state index is 6.23. The molecule has 0 fully saturated rings. The number of benzene rings is 1. The van der Waals surface area contributed by atoms with E-state index in [0.29, 0.717) is 5.02 Å². The minimum Gasteiger partial charge on any atom is -0.491 e. The first kappa shape index (κ1) is 15.2. The average Bonchev–Trinajstić information content (AvgIpc) is 2.32. The summed E-state index contributed by atoms with van der Waals surface area (Å²) in [7, 11) is 0. The van der Waals surface area contributed by atoms with Crippen LogP contribution in [0.1, 0.15) is 47.5 Å². The lowest BCUT2D eigenvalue weighted by Crippen LogP contribution is -2.30. The molecule has 0 spiro atoms. The monoisotopic (exact) mass is 270 g/mol. The Morgan fingerprint density at radius 1 is 1.22 bits per heavy atom. The highest BCUT2D eigenvalue weighted by Crippen LogP contribution is 2.33.